The third-order valence-electron chi connectivity index (χ3n) is 3.98. The summed E-state index contributed by atoms with van der Waals surface area (Å²) in [6.45, 7) is -0.750. The highest BCUT2D eigenvalue weighted by molar-refractivity contribution is 5.97. The summed E-state index contributed by atoms with van der Waals surface area (Å²) in [7, 11) is 4.31. The van der Waals surface area contributed by atoms with Crippen LogP contribution in [-0.4, -0.2) is 63.6 Å². The first-order chi connectivity index (χ1) is 15.4. The van der Waals surface area contributed by atoms with E-state index >= 15 is 0 Å². The Kier molecular flexibility index (Phi) is 8.84. The van der Waals surface area contributed by atoms with Crippen molar-refractivity contribution in [2.75, 3.05) is 34.5 Å². The third kappa shape index (κ3) is 6.90. The van der Waals surface area contributed by atoms with Crippen LogP contribution >= 0.6 is 0 Å². The summed E-state index contributed by atoms with van der Waals surface area (Å²) in [6, 6.07) is 9.36. The van der Waals surface area contributed by atoms with Gasteiger partial charge in [-0.1, -0.05) is 0 Å². The summed E-state index contributed by atoms with van der Waals surface area (Å²) < 4.78 is 20.6. The fourth-order valence-corrected chi connectivity index (χ4v) is 2.49. The summed E-state index contributed by atoms with van der Waals surface area (Å²) in [5, 5.41) is 14.9. The van der Waals surface area contributed by atoms with Crippen LogP contribution in [0.3, 0.4) is 0 Å². The summed E-state index contributed by atoms with van der Waals surface area (Å²) in [4.78, 5) is 34.8. The Morgan fingerprint density at radius 1 is 1.00 bits per heavy atom. The smallest absolute Gasteiger partial charge is 0.341 e. The summed E-state index contributed by atoms with van der Waals surface area (Å²) in [5.74, 6) is -0.765. The molecule has 0 radical (unpaired) electrons. The van der Waals surface area contributed by atoms with Gasteiger partial charge in [-0.15, -0.1) is 0 Å². The van der Waals surface area contributed by atoms with Crippen molar-refractivity contribution < 1.29 is 38.4 Å². The van der Waals surface area contributed by atoms with Crippen LogP contribution in [0.2, 0.25) is 0 Å². The van der Waals surface area contributed by atoms with Crippen LogP contribution in [0.4, 0.5) is 0 Å². The van der Waals surface area contributed by atoms with Gasteiger partial charge in [-0.25, -0.2) is 10.2 Å². The Bertz CT molecular complexity index is 964. The molecule has 0 spiro atoms. The number of carboxylic acid groups (broad SMARTS) is 1. The monoisotopic (exact) mass is 445 g/mol. The Labute approximate surface area is 183 Å². The lowest BCUT2D eigenvalue weighted by Crippen LogP contribution is -2.34. The molecule has 0 aliphatic carbocycles. The fraction of sp³-hybridized carbons (Fsp3) is 0.238. The number of hydrogen-bond acceptors (Lipinski definition) is 8. The minimum Gasteiger partial charge on any atom is -0.493 e. The second-order valence-electron chi connectivity index (χ2n) is 6.14. The van der Waals surface area contributed by atoms with Gasteiger partial charge in [-0.2, -0.15) is 5.10 Å². The van der Waals surface area contributed by atoms with Crippen molar-refractivity contribution >= 4 is 24.0 Å². The Balaban J connectivity index is 1.87. The second-order valence-corrected chi connectivity index (χ2v) is 6.14. The minimum absolute atomic E-state index is 0.223. The van der Waals surface area contributed by atoms with Gasteiger partial charge in [-0.05, 0) is 42.0 Å². The molecule has 0 atom stereocenters. The number of carbonyl (C=O) groups excluding carboxylic acids is 2. The molecule has 2 aromatic rings. The van der Waals surface area contributed by atoms with Crippen molar-refractivity contribution in [3.05, 3.63) is 47.5 Å². The number of rotatable bonds is 11. The lowest BCUT2D eigenvalue weighted by molar-refractivity contribution is -0.139. The van der Waals surface area contributed by atoms with E-state index in [4.69, 9.17) is 24.1 Å². The maximum atomic E-state index is 12.4. The molecule has 11 nitrogen and oxygen atoms in total. The van der Waals surface area contributed by atoms with Crippen molar-refractivity contribution in [3.8, 4) is 23.0 Å². The van der Waals surface area contributed by atoms with Gasteiger partial charge in [-0.3, -0.25) is 9.59 Å². The zero-order chi connectivity index (χ0) is 23.5. The van der Waals surface area contributed by atoms with E-state index in [1.54, 1.807) is 24.3 Å². The van der Waals surface area contributed by atoms with Crippen LogP contribution in [0.5, 0.6) is 23.0 Å². The van der Waals surface area contributed by atoms with Crippen LogP contribution in [0.1, 0.15) is 15.9 Å². The van der Waals surface area contributed by atoms with E-state index in [1.807, 2.05) is 0 Å². The first kappa shape index (κ1) is 24.0. The van der Waals surface area contributed by atoms with E-state index in [-0.39, 0.29) is 12.1 Å². The van der Waals surface area contributed by atoms with Gasteiger partial charge in [0.15, 0.2) is 18.1 Å². The van der Waals surface area contributed by atoms with Crippen LogP contribution in [0.15, 0.2) is 41.5 Å². The third-order valence-corrected chi connectivity index (χ3v) is 3.98. The van der Waals surface area contributed by atoms with Crippen LogP contribution in [-0.2, 0) is 9.59 Å². The second kappa shape index (κ2) is 11.8. The topological polar surface area (TPSA) is 145 Å². The Morgan fingerprint density at radius 2 is 1.62 bits per heavy atom. The molecule has 0 saturated heterocycles. The lowest BCUT2D eigenvalue weighted by atomic mass is 10.1. The molecule has 0 aliphatic rings. The summed E-state index contributed by atoms with van der Waals surface area (Å²) >= 11 is 0. The predicted molar refractivity (Wildman–Crippen MR) is 114 cm³/mol. The number of aliphatic carboxylic acids is 1. The normalized spacial score (nSPS) is 10.3. The highest BCUT2D eigenvalue weighted by Crippen LogP contribution is 2.38. The van der Waals surface area contributed by atoms with Crippen molar-refractivity contribution in [3.63, 3.8) is 0 Å². The number of carboxylic acids is 1. The maximum Gasteiger partial charge on any atom is 0.341 e. The molecule has 11 heteroatoms. The first-order valence-electron chi connectivity index (χ1n) is 9.22. The quantitative estimate of drug-likeness (QED) is 0.344. The van der Waals surface area contributed by atoms with Crippen molar-refractivity contribution in [1.82, 2.24) is 10.7 Å². The van der Waals surface area contributed by atoms with Crippen LogP contribution in [0, 0.1) is 0 Å². The lowest BCUT2D eigenvalue weighted by Gasteiger charge is -2.14. The molecule has 2 aromatic carbocycles. The number of ether oxygens (including phenoxy) is 4. The molecule has 0 aromatic heterocycles. The van der Waals surface area contributed by atoms with Gasteiger partial charge in [0.1, 0.15) is 5.75 Å². The maximum absolute atomic E-state index is 12.4. The van der Waals surface area contributed by atoms with Crippen LogP contribution < -0.4 is 29.7 Å². The summed E-state index contributed by atoms with van der Waals surface area (Å²) in [6.07, 6.45) is 1.39. The average molecular weight is 445 g/mol. The van der Waals surface area contributed by atoms with Gasteiger partial charge >= 0.3 is 5.97 Å². The van der Waals surface area contributed by atoms with E-state index in [2.05, 4.69) is 15.8 Å². The fourth-order valence-electron chi connectivity index (χ4n) is 2.49. The molecule has 0 saturated carbocycles. The number of hydrazone groups is 1. The molecular formula is C21H23N3O8. The molecule has 0 aliphatic heterocycles. The van der Waals surface area contributed by atoms with Crippen molar-refractivity contribution in [2.24, 2.45) is 5.10 Å². The number of amides is 2. The Morgan fingerprint density at radius 3 is 2.16 bits per heavy atom. The first-order valence-corrected chi connectivity index (χ1v) is 9.22. The molecule has 2 rings (SSSR count). The number of nitrogens with zero attached hydrogens (tertiary/aromatic N) is 1. The number of nitrogens with one attached hydrogen (secondary N) is 2. The molecule has 0 unspecified atom stereocenters. The summed E-state index contributed by atoms with van der Waals surface area (Å²) in [5.41, 5.74) is 3.16. The van der Waals surface area contributed by atoms with E-state index < -0.39 is 24.4 Å². The molecular weight excluding hydrogens is 422 g/mol. The number of benzene rings is 2. The van der Waals surface area contributed by atoms with Crippen LogP contribution in [0.25, 0.3) is 0 Å². The number of hydrogen-bond donors (Lipinski definition) is 3. The number of methoxy groups -OCH3 is 3. The van der Waals surface area contributed by atoms with Gasteiger partial charge < -0.3 is 29.4 Å². The highest BCUT2D eigenvalue weighted by Gasteiger charge is 2.17. The average Bonchev–Trinajstić information content (AvgIpc) is 2.80. The van der Waals surface area contributed by atoms with Crippen molar-refractivity contribution in [2.45, 2.75) is 0 Å². The standard InChI is InChI=1S/C21H23N3O8/c1-29-16-8-14(9-17(30-2)20(16)31-3)21(28)22-11-18(25)24-23-10-13-4-6-15(7-5-13)32-12-19(26)27/h4-10H,11-12H2,1-3H3,(H,22,28)(H,24,25)(H,26,27)/b23-10+. The molecule has 32 heavy (non-hydrogen) atoms. The molecule has 170 valence electrons. The number of carbonyl (C=O) groups is 3. The molecule has 0 heterocycles. The van der Waals surface area contributed by atoms with Gasteiger partial charge in [0.25, 0.3) is 11.8 Å². The van der Waals surface area contributed by atoms with Gasteiger partial charge in [0.05, 0.1) is 34.1 Å². The molecule has 0 fully saturated rings. The van der Waals surface area contributed by atoms with E-state index in [9.17, 15) is 14.4 Å². The zero-order valence-corrected chi connectivity index (χ0v) is 17.7. The molecule has 2 amide bonds. The molecule has 3 N–H and O–H groups in total. The predicted octanol–water partition coefficient (Wildman–Crippen LogP) is 1.06. The van der Waals surface area contributed by atoms with Gasteiger partial charge in [0.2, 0.25) is 5.75 Å². The SMILES string of the molecule is COc1cc(C(=O)NCC(=O)N/N=C/c2ccc(OCC(=O)O)cc2)cc(OC)c1OC. The molecule has 0 bridgehead atoms. The highest BCUT2D eigenvalue weighted by atomic mass is 16.5. The van der Waals surface area contributed by atoms with E-state index in [0.29, 0.717) is 28.6 Å². The Hall–Kier alpha value is -4.28. The largest absolute Gasteiger partial charge is 0.493 e. The van der Waals surface area contributed by atoms with Gasteiger partial charge in [0, 0.05) is 5.56 Å². The zero-order valence-electron chi connectivity index (χ0n) is 17.7. The van der Waals surface area contributed by atoms with E-state index in [0.717, 1.165) is 0 Å². The van der Waals surface area contributed by atoms with Crippen molar-refractivity contribution in [1.29, 1.82) is 0 Å². The minimum atomic E-state index is -1.07. The van der Waals surface area contributed by atoms with E-state index in [1.165, 1.54) is 39.7 Å².